The van der Waals surface area contributed by atoms with Crippen LogP contribution in [0.1, 0.15) is 19.4 Å². The molecule has 1 aliphatic rings. The summed E-state index contributed by atoms with van der Waals surface area (Å²) in [6.45, 7) is 2.91. The lowest BCUT2D eigenvalue weighted by Gasteiger charge is -2.40. The lowest BCUT2D eigenvalue weighted by Crippen LogP contribution is -2.55. The van der Waals surface area contributed by atoms with Crippen LogP contribution >= 0.6 is 0 Å². The molecule has 0 aliphatic carbocycles. The number of carbonyl (C=O) groups is 2. The third-order valence-corrected chi connectivity index (χ3v) is 6.10. The zero-order chi connectivity index (χ0) is 21.0. The van der Waals surface area contributed by atoms with E-state index in [1.54, 1.807) is 55.5 Å². The molecule has 0 radical (unpaired) electrons. The third kappa shape index (κ3) is 4.51. The third-order valence-electron chi connectivity index (χ3n) is 4.51. The number of ether oxygens (including phenoxy) is 2. The van der Waals surface area contributed by atoms with Crippen LogP contribution in [0, 0.1) is 0 Å². The van der Waals surface area contributed by atoms with Gasteiger partial charge in [-0.2, -0.15) is 8.42 Å². The molecule has 1 aliphatic heterocycles. The summed E-state index contributed by atoms with van der Waals surface area (Å²) in [6, 6.07) is 14.6. The van der Waals surface area contributed by atoms with Crippen LogP contribution in [-0.4, -0.2) is 38.3 Å². The number of amides is 1. The largest absolute Gasteiger partial charge is 0.484 e. The maximum atomic E-state index is 13.1. The van der Waals surface area contributed by atoms with Gasteiger partial charge in [0, 0.05) is 6.92 Å². The number of nitrogens with zero attached hydrogens (tertiary/aromatic N) is 1. The minimum atomic E-state index is -4.49. The zero-order valence-electron chi connectivity index (χ0n) is 16.1. The molecule has 2 aromatic carbocycles. The van der Waals surface area contributed by atoms with Gasteiger partial charge in [-0.25, -0.2) is 4.79 Å². The van der Waals surface area contributed by atoms with Gasteiger partial charge in [0.1, 0.15) is 18.5 Å². The van der Waals surface area contributed by atoms with E-state index >= 15 is 0 Å². The smallest absolute Gasteiger partial charge is 0.445 e. The quantitative estimate of drug-likeness (QED) is 0.749. The summed E-state index contributed by atoms with van der Waals surface area (Å²) < 4.78 is 38.1. The van der Waals surface area contributed by atoms with Crippen molar-refractivity contribution >= 4 is 26.9 Å². The van der Waals surface area contributed by atoms with Gasteiger partial charge in [-0.15, -0.1) is 0 Å². The summed E-state index contributed by atoms with van der Waals surface area (Å²) in [4.78, 5) is 23.8. The second-order valence-electron chi connectivity index (χ2n) is 6.63. The van der Waals surface area contributed by atoms with E-state index in [2.05, 4.69) is 5.32 Å². The van der Waals surface area contributed by atoms with Crippen LogP contribution in [0.4, 0.5) is 10.5 Å². The van der Waals surface area contributed by atoms with Crippen molar-refractivity contribution in [1.29, 1.82) is 0 Å². The molecule has 2 atom stereocenters. The molecule has 1 N–H and O–H groups in total. The lowest BCUT2D eigenvalue weighted by molar-refractivity contribution is -0.119. The highest BCUT2D eigenvalue weighted by atomic mass is 32.2. The Morgan fingerprint density at radius 2 is 1.76 bits per heavy atom. The summed E-state index contributed by atoms with van der Waals surface area (Å²) in [5.41, 5.74) is 0.922. The molecular formula is C20H22N2O6S. The van der Waals surface area contributed by atoms with Crippen molar-refractivity contribution in [3.05, 3.63) is 60.2 Å². The molecule has 8 nitrogen and oxygen atoms in total. The first-order chi connectivity index (χ1) is 13.8. The first-order valence-electron chi connectivity index (χ1n) is 9.06. The van der Waals surface area contributed by atoms with Gasteiger partial charge in [0.25, 0.3) is 0 Å². The maximum Gasteiger partial charge on any atom is 0.445 e. The van der Waals surface area contributed by atoms with Crippen molar-refractivity contribution in [2.24, 2.45) is 0 Å². The molecule has 0 saturated carbocycles. The molecule has 9 heteroatoms. The summed E-state index contributed by atoms with van der Waals surface area (Å²) in [5, 5.41) is 1.28. The van der Waals surface area contributed by atoms with E-state index in [9.17, 15) is 18.0 Å². The Kier molecular flexibility index (Phi) is 6.07. The SMILES string of the molecule is CC(=O)NC[C@@H]1Oc2ccccc2N(S(=O)(=O)C(=O)OCc2ccccc2)[C@@H]1C. The van der Waals surface area contributed by atoms with Crippen molar-refractivity contribution in [3.8, 4) is 5.75 Å². The molecule has 0 unspecified atom stereocenters. The number of fused-ring (bicyclic) bond motifs is 1. The van der Waals surface area contributed by atoms with E-state index in [1.807, 2.05) is 6.07 Å². The number of carbonyl (C=O) groups excluding carboxylic acids is 2. The fraction of sp³-hybridized carbons (Fsp3) is 0.300. The summed E-state index contributed by atoms with van der Waals surface area (Å²) in [7, 11) is -4.49. The van der Waals surface area contributed by atoms with Gasteiger partial charge in [-0.1, -0.05) is 42.5 Å². The fourth-order valence-electron chi connectivity index (χ4n) is 3.05. The molecule has 0 bridgehead atoms. The second kappa shape index (κ2) is 8.52. The minimum Gasteiger partial charge on any atom is -0.484 e. The molecule has 29 heavy (non-hydrogen) atoms. The second-order valence-corrected chi connectivity index (χ2v) is 8.30. The molecule has 0 saturated heterocycles. The summed E-state index contributed by atoms with van der Waals surface area (Å²) in [5.74, 6) is 0.0386. The Hall–Kier alpha value is -3.07. The minimum absolute atomic E-state index is 0.0932. The fourth-order valence-corrected chi connectivity index (χ4v) is 4.40. The van der Waals surface area contributed by atoms with E-state index in [0.717, 1.165) is 4.31 Å². The Morgan fingerprint density at radius 1 is 1.10 bits per heavy atom. The van der Waals surface area contributed by atoms with Crippen molar-refractivity contribution in [1.82, 2.24) is 5.32 Å². The lowest BCUT2D eigenvalue weighted by atomic mass is 10.1. The standard InChI is InChI=1S/C20H22N2O6S/c1-14-19(12-21-15(2)23)28-18-11-7-6-10-17(18)22(14)29(25,26)20(24)27-13-16-8-4-3-5-9-16/h3-11,14,19H,12-13H2,1-2H3,(H,21,23)/t14-,19+/m1/s1. The van der Waals surface area contributed by atoms with Crippen molar-refractivity contribution in [2.75, 3.05) is 10.8 Å². The van der Waals surface area contributed by atoms with Crippen LogP contribution in [-0.2, 0) is 26.2 Å². The average molecular weight is 418 g/mol. The van der Waals surface area contributed by atoms with E-state index in [-0.39, 0.29) is 24.7 Å². The molecule has 0 aromatic heterocycles. The first-order valence-corrected chi connectivity index (χ1v) is 10.5. The van der Waals surface area contributed by atoms with Crippen LogP contribution in [0.3, 0.4) is 0 Å². The van der Waals surface area contributed by atoms with E-state index in [4.69, 9.17) is 9.47 Å². The number of para-hydroxylation sites is 2. The van der Waals surface area contributed by atoms with E-state index in [0.29, 0.717) is 11.3 Å². The van der Waals surface area contributed by atoms with E-state index in [1.165, 1.54) is 6.92 Å². The Morgan fingerprint density at radius 3 is 2.45 bits per heavy atom. The molecule has 0 fully saturated rings. The van der Waals surface area contributed by atoms with Crippen LogP contribution in [0.5, 0.6) is 5.75 Å². The van der Waals surface area contributed by atoms with Gasteiger partial charge in [0.15, 0.2) is 0 Å². The number of sulfonamides is 1. The van der Waals surface area contributed by atoms with Gasteiger partial charge >= 0.3 is 15.3 Å². The Balaban J connectivity index is 1.86. The van der Waals surface area contributed by atoms with Gasteiger partial charge in [0.05, 0.1) is 18.3 Å². The maximum absolute atomic E-state index is 13.1. The number of hydrogen-bond acceptors (Lipinski definition) is 6. The van der Waals surface area contributed by atoms with Gasteiger partial charge in [-0.3, -0.25) is 9.10 Å². The first kappa shape index (κ1) is 20.7. The van der Waals surface area contributed by atoms with Crippen molar-refractivity contribution in [3.63, 3.8) is 0 Å². The zero-order valence-corrected chi connectivity index (χ0v) is 16.9. The topological polar surface area (TPSA) is 102 Å². The van der Waals surface area contributed by atoms with Crippen LogP contribution < -0.4 is 14.4 Å². The molecule has 1 amide bonds. The van der Waals surface area contributed by atoms with Crippen LogP contribution in [0.2, 0.25) is 0 Å². The van der Waals surface area contributed by atoms with Gasteiger partial charge in [-0.05, 0) is 24.6 Å². The average Bonchev–Trinajstić information content (AvgIpc) is 2.70. The number of nitrogens with one attached hydrogen (secondary N) is 1. The predicted molar refractivity (Wildman–Crippen MR) is 107 cm³/mol. The highest BCUT2D eigenvalue weighted by Gasteiger charge is 2.43. The molecule has 2 aromatic rings. The van der Waals surface area contributed by atoms with Crippen molar-refractivity contribution < 1.29 is 27.5 Å². The normalized spacial score (nSPS) is 18.3. The van der Waals surface area contributed by atoms with Gasteiger partial charge in [0.2, 0.25) is 5.91 Å². The number of rotatable bonds is 5. The molecule has 154 valence electrons. The van der Waals surface area contributed by atoms with Crippen molar-refractivity contribution in [2.45, 2.75) is 32.6 Å². The number of benzene rings is 2. The van der Waals surface area contributed by atoms with Gasteiger partial charge < -0.3 is 14.8 Å². The molecule has 0 spiro atoms. The number of hydrogen-bond donors (Lipinski definition) is 1. The number of anilines is 1. The van der Waals surface area contributed by atoms with Crippen LogP contribution in [0.25, 0.3) is 0 Å². The summed E-state index contributed by atoms with van der Waals surface area (Å²) in [6.07, 6.45) is -0.675. The molecular weight excluding hydrogens is 396 g/mol. The van der Waals surface area contributed by atoms with E-state index < -0.39 is 27.5 Å². The highest BCUT2D eigenvalue weighted by molar-refractivity contribution is 8.06. The summed E-state index contributed by atoms with van der Waals surface area (Å²) >= 11 is 0. The highest BCUT2D eigenvalue weighted by Crippen LogP contribution is 2.38. The molecule has 3 rings (SSSR count). The monoisotopic (exact) mass is 418 g/mol. The predicted octanol–water partition coefficient (Wildman–Crippen LogP) is 2.45. The molecule has 1 heterocycles. The van der Waals surface area contributed by atoms with Crippen LogP contribution in [0.15, 0.2) is 54.6 Å². The Bertz CT molecular complexity index is 993. The Labute approximate surface area is 169 Å².